The molecule has 0 aromatic carbocycles. The molecule has 21 heavy (non-hydrogen) atoms. The summed E-state index contributed by atoms with van der Waals surface area (Å²) in [4.78, 5) is 12.2. The van der Waals surface area contributed by atoms with Crippen LogP contribution in [0.2, 0.25) is 5.02 Å². The first-order valence-corrected chi connectivity index (χ1v) is 8.55. The number of halogens is 1. The molecule has 1 fully saturated rings. The molecule has 5 heteroatoms. The minimum atomic E-state index is -0.182. The number of aryl methyl sites for hydroxylation is 1. The van der Waals surface area contributed by atoms with E-state index in [0.29, 0.717) is 18.3 Å². The molecule has 2 atom stereocenters. The summed E-state index contributed by atoms with van der Waals surface area (Å²) in [6.45, 7) is 4.98. The molecule has 2 unspecified atom stereocenters. The summed E-state index contributed by atoms with van der Waals surface area (Å²) in [5.74, 6) is 0.785. The second kappa shape index (κ2) is 7.83. The highest BCUT2D eigenvalue weighted by molar-refractivity contribution is 6.32. The molecule has 1 aromatic heterocycles. The van der Waals surface area contributed by atoms with Gasteiger partial charge in [0, 0.05) is 12.6 Å². The molecule has 118 valence electrons. The normalized spacial score (nSPS) is 22.2. The van der Waals surface area contributed by atoms with Gasteiger partial charge >= 0.3 is 0 Å². The summed E-state index contributed by atoms with van der Waals surface area (Å²) in [6.07, 6.45) is 9.77. The Hall–Kier alpha value is -1.03. The Kier molecular flexibility index (Phi) is 6.09. The quantitative estimate of drug-likeness (QED) is 0.861. The van der Waals surface area contributed by atoms with Gasteiger partial charge < -0.3 is 5.32 Å². The monoisotopic (exact) mass is 311 g/mol. The van der Waals surface area contributed by atoms with Crippen LogP contribution < -0.4 is 10.9 Å². The second-order valence-electron chi connectivity index (χ2n) is 6.04. The van der Waals surface area contributed by atoms with Gasteiger partial charge in [-0.2, -0.15) is 5.10 Å². The van der Waals surface area contributed by atoms with Gasteiger partial charge in [-0.25, -0.2) is 4.68 Å². The Morgan fingerprint density at radius 2 is 2.24 bits per heavy atom. The van der Waals surface area contributed by atoms with E-state index in [1.807, 2.05) is 0 Å². The summed E-state index contributed by atoms with van der Waals surface area (Å²) in [6, 6.07) is 0.411. The third-order valence-electron chi connectivity index (χ3n) is 4.43. The Morgan fingerprint density at radius 3 is 2.95 bits per heavy atom. The highest BCUT2D eigenvalue weighted by atomic mass is 35.5. The van der Waals surface area contributed by atoms with Gasteiger partial charge in [-0.05, 0) is 25.2 Å². The number of aromatic nitrogens is 2. The van der Waals surface area contributed by atoms with E-state index in [1.54, 1.807) is 6.20 Å². The molecule has 0 spiro atoms. The Balaban J connectivity index is 2.06. The fourth-order valence-corrected chi connectivity index (χ4v) is 3.25. The molecule has 0 radical (unpaired) electrons. The number of hydrogen-bond donors (Lipinski definition) is 1. The third kappa shape index (κ3) is 4.22. The van der Waals surface area contributed by atoms with Crippen molar-refractivity contribution in [3.63, 3.8) is 0 Å². The van der Waals surface area contributed by atoms with E-state index in [4.69, 9.17) is 11.6 Å². The largest absolute Gasteiger partial charge is 0.380 e. The van der Waals surface area contributed by atoms with Crippen molar-refractivity contribution >= 4 is 17.3 Å². The standard InChI is InChI=1S/C16H26ClN3O/c1-3-5-9-20-16(21)15(17)14(11-18-20)19-13-8-6-7-12(4-2)10-13/h11-13,19H,3-10H2,1-2H3. The molecule has 0 bridgehead atoms. The van der Waals surface area contributed by atoms with Gasteiger partial charge in [0.2, 0.25) is 0 Å². The molecule has 2 rings (SSSR count). The van der Waals surface area contributed by atoms with Gasteiger partial charge in [-0.15, -0.1) is 0 Å². The van der Waals surface area contributed by atoms with E-state index < -0.39 is 0 Å². The predicted molar refractivity (Wildman–Crippen MR) is 88.1 cm³/mol. The van der Waals surface area contributed by atoms with Crippen molar-refractivity contribution in [1.29, 1.82) is 0 Å². The van der Waals surface area contributed by atoms with E-state index in [0.717, 1.165) is 31.6 Å². The molecular weight excluding hydrogens is 286 g/mol. The first kappa shape index (κ1) is 16.3. The van der Waals surface area contributed by atoms with E-state index in [1.165, 1.54) is 23.9 Å². The van der Waals surface area contributed by atoms with Crippen molar-refractivity contribution in [1.82, 2.24) is 9.78 Å². The maximum atomic E-state index is 12.2. The molecule has 0 saturated heterocycles. The summed E-state index contributed by atoms with van der Waals surface area (Å²) in [5, 5.41) is 7.95. The van der Waals surface area contributed by atoms with Crippen LogP contribution in [-0.2, 0) is 6.54 Å². The smallest absolute Gasteiger partial charge is 0.287 e. The molecule has 1 heterocycles. The zero-order valence-corrected chi connectivity index (χ0v) is 13.8. The van der Waals surface area contributed by atoms with Crippen LogP contribution in [0.15, 0.2) is 11.0 Å². The Labute approximate surface area is 131 Å². The van der Waals surface area contributed by atoms with Crippen LogP contribution in [0.25, 0.3) is 0 Å². The van der Waals surface area contributed by atoms with Gasteiger partial charge in [0.15, 0.2) is 0 Å². The molecule has 0 amide bonds. The highest BCUT2D eigenvalue weighted by Gasteiger charge is 2.22. The zero-order valence-electron chi connectivity index (χ0n) is 13.1. The van der Waals surface area contributed by atoms with Crippen LogP contribution in [0.5, 0.6) is 0 Å². The first-order valence-electron chi connectivity index (χ1n) is 8.17. The molecule has 1 aliphatic carbocycles. The highest BCUT2D eigenvalue weighted by Crippen LogP contribution is 2.29. The molecular formula is C16H26ClN3O. The average Bonchev–Trinajstić information content (AvgIpc) is 2.51. The first-order chi connectivity index (χ1) is 10.2. The van der Waals surface area contributed by atoms with Gasteiger partial charge in [-0.3, -0.25) is 4.79 Å². The number of unbranched alkanes of at least 4 members (excludes halogenated alkanes) is 1. The lowest BCUT2D eigenvalue weighted by molar-refractivity contribution is 0.327. The molecule has 1 aromatic rings. The number of anilines is 1. The third-order valence-corrected chi connectivity index (χ3v) is 4.79. The van der Waals surface area contributed by atoms with Crippen LogP contribution in [0.1, 0.15) is 58.8 Å². The second-order valence-corrected chi connectivity index (χ2v) is 6.41. The van der Waals surface area contributed by atoms with Crippen molar-refractivity contribution in [2.24, 2.45) is 5.92 Å². The number of rotatable bonds is 6. The van der Waals surface area contributed by atoms with Gasteiger partial charge in [0.05, 0.1) is 11.9 Å². The van der Waals surface area contributed by atoms with Crippen LogP contribution in [-0.4, -0.2) is 15.8 Å². The predicted octanol–water partition coefficient (Wildman–Crippen LogP) is 4.08. The Bertz CT molecular complexity index is 515. The number of nitrogens with one attached hydrogen (secondary N) is 1. The van der Waals surface area contributed by atoms with E-state index in [2.05, 4.69) is 24.3 Å². The fraction of sp³-hybridized carbons (Fsp3) is 0.750. The number of nitrogens with zero attached hydrogens (tertiary/aromatic N) is 2. The van der Waals surface area contributed by atoms with Gasteiger partial charge in [-0.1, -0.05) is 51.1 Å². The van der Waals surface area contributed by atoms with Crippen LogP contribution in [0, 0.1) is 5.92 Å². The lowest BCUT2D eigenvalue weighted by Crippen LogP contribution is -2.30. The molecule has 4 nitrogen and oxygen atoms in total. The van der Waals surface area contributed by atoms with Crippen LogP contribution in [0.4, 0.5) is 5.69 Å². The van der Waals surface area contributed by atoms with Crippen molar-refractivity contribution in [3.8, 4) is 0 Å². The lowest BCUT2D eigenvalue weighted by Gasteiger charge is -2.30. The van der Waals surface area contributed by atoms with Crippen molar-refractivity contribution in [3.05, 3.63) is 21.6 Å². The van der Waals surface area contributed by atoms with E-state index in [-0.39, 0.29) is 10.6 Å². The summed E-state index contributed by atoms with van der Waals surface area (Å²) >= 11 is 6.23. The van der Waals surface area contributed by atoms with Gasteiger partial charge in [0.25, 0.3) is 5.56 Å². The summed E-state index contributed by atoms with van der Waals surface area (Å²) < 4.78 is 1.47. The minimum Gasteiger partial charge on any atom is -0.380 e. The lowest BCUT2D eigenvalue weighted by atomic mass is 9.84. The van der Waals surface area contributed by atoms with Crippen molar-refractivity contribution < 1.29 is 0 Å². The SMILES string of the molecule is CCCCn1ncc(NC2CCCC(CC)C2)c(Cl)c1=O. The maximum absolute atomic E-state index is 12.2. The van der Waals surface area contributed by atoms with Crippen molar-refractivity contribution in [2.45, 2.75) is 71.4 Å². The van der Waals surface area contributed by atoms with E-state index >= 15 is 0 Å². The number of hydrogen-bond acceptors (Lipinski definition) is 3. The molecule has 1 N–H and O–H groups in total. The topological polar surface area (TPSA) is 46.9 Å². The molecule has 1 saturated carbocycles. The summed E-state index contributed by atoms with van der Waals surface area (Å²) in [5.41, 5.74) is 0.508. The maximum Gasteiger partial charge on any atom is 0.287 e. The molecule has 1 aliphatic rings. The average molecular weight is 312 g/mol. The summed E-state index contributed by atoms with van der Waals surface area (Å²) in [7, 11) is 0. The zero-order chi connectivity index (χ0) is 15.2. The van der Waals surface area contributed by atoms with Crippen LogP contribution in [0.3, 0.4) is 0 Å². The van der Waals surface area contributed by atoms with Crippen LogP contribution >= 0.6 is 11.6 Å². The van der Waals surface area contributed by atoms with Crippen molar-refractivity contribution in [2.75, 3.05) is 5.32 Å². The van der Waals surface area contributed by atoms with Gasteiger partial charge in [0.1, 0.15) is 5.02 Å². The Morgan fingerprint density at radius 1 is 1.43 bits per heavy atom. The minimum absolute atomic E-state index is 0.182. The fourth-order valence-electron chi connectivity index (χ4n) is 3.05. The molecule has 0 aliphatic heterocycles. The van der Waals surface area contributed by atoms with E-state index in [9.17, 15) is 4.79 Å².